The molecule has 3 atom stereocenters. The molecule has 0 radical (unpaired) electrons. The van der Waals surface area contributed by atoms with Crippen LogP contribution in [0, 0.1) is 0 Å². The van der Waals surface area contributed by atoms with Crippen molar-refractivity contribution in [3.63, 3.8) is 0 Å². The highest BCUT2D eigenvalue weighted by Gasteiger charge is 2.59. The van der Waals surface area contributed by atoms with E-state index in [9.17, 15) is 25.2 Å². The number of ketones is 1. The normalized spacial score (nSPS) is 25.5. The Labute approximate surface area is 165 Å². The lowest BCUT2D eigenvalue weighted by Crippen LogP contribution is -2.48. The third-order valence-corrected chi connectivity index (χ3v) is 6.40. The van der Waals surface area contributed by atoms with E-state index in [0.717, 1.165) is 6.07 Å². The lowest BCUT2D eigenvalue weighted by molar-refractivity contribution is -0.0613. The fourth-order valence-electron chi connectivity index (χ4n) is 5.33. The summed E-state index contributed by atoms with van der Waals surface area (Å²) < 4.78 is 6.27. The van der Waals surface area contributed by atoms with Crippen LogP contribution in [0.5, 0.6) is 23.0 Å². The maximum Gasteiger partial charge on any atom is 0.170 e. The molecule has 6 rings (SSSR count). The summed E-state index contributed by atoms with van der Waals surface area (Å²) in [5, 5.41) is 43.6. The first kappa shape index (κ1) is 16.4. The highest BCUT2D eigenvalue weighted by molar-refractivity contribution is 6.06. The monoisotopic (exact) mass is 388 g/mol. The molecule has 0 saturated heterocycles. The minimum atomic E-state index is -1.57. The number of phenols is 3. The van der Waals surface area contributed by atoms with Gasteiger partial charge in [0.2, 0.25) is 0 Å². The number of carbonyl (C=O) groups excluding carboxylic acids is 1. The number of para-hydroxylation sites is 1. The highest BCUT2D eigenvalue weighted by Crippen LogP contribution is 2.65. The zero-order valence-corrected chi connectivity index (χ0v) is 15.1. The Morgan fingerprint density at radius 2 is 1.66 bits per heavy atom. The van der Waals surface area contributed by atoms with Gasteiger partial charge >= 0.3 is 0 Å². The molecule has 0 unspecified atom stereocenters. The van der Waals surface area contributed by atoms with E-state index in [1.54, 1.807) is 36.4 Å². The zero-order chi connectivity index (χ0) is 20.1. The number of Topliss-reactive ketones (excluding diaryl/α,β-unsaturated/α-hetero) is 1. The average molecular weight is 388 g/mol. The highest BCUT2D eigenvalue weighted by atomic mass is 16.5. The average Bonchev–Trinajstić information content (AvgIpc) is 2.67. The Bertz CT molecular complexity index is 1250. The zero-order valence-electron chi connectivity index (χ0n) is 15.1. The molecule has 6 nitrogen and oxygen atoms in total. The molecule has 1 aliphatic heterocycles. The SMILES string of the molecule is O=C1C[C@@]2(O)c3ccccc3O[C@H]3c4cccc(O)c4-c4c(O)cc(O)c1c4[C@@H]32. The van der Waals surface area contributed by atoms with Gasteiger partial charge in [-0.2, -0.15) is 0 Å². The Hall–Kier alpha value is -3.51. The maximum absolute atomic E-state index is 13.1. The first-order valence-electron chi connectivity index (χ1n) is 9.34. The second-order valence-corrected chi connectivity index (χ2v) is 7.86. The van der Waals surface area contributed by atoms with Crippen LogP contribution in [0.25, 0.3) is 11.1 Å². The molecule has 29 heavy (non-hydrogen) atoms. The van der Waals surface area contributed by atoms with Crippen molar-refractivity contribution in [2.24, 2.45) is 0 Å². The van der Waals surface area contributed by atoms with Crippen LogP contribution in [-0.2, 0) is 5.60 Å². The van der Waals surface area contributed by atoms with Crippen molar-refractivity contribution >= 4 is 5.78 Å². The van der Waals surface area contributed by atoms with Gasteiger partial charge in [-0.15, -0.1) is 0 Å². The molecule has 4 N–H and O–H groups in total. The summed E-state index contributed by atoms with van der Waals surface area (Å²) in [6, 6.07) is 13.1. The Balaban J connectivity index is 1.81. The molecule has 3 aliphatic rings. The minimum Gasteiger partial charge on any atom is -0.507 e. The van der Waals surface area contributed by atoms with E-state index in [1.807, 2.05) is 0 Å². The van der Waals surface area contributed by atoms with E-state index in [1.165, 1.54) is 6.07 Å². The molecule has 144 valence electrons. The summed E-state index contributed by atoms with van der Waals surface area (Å²) in [4.78, 5) is 13.1. The number of rotatable bonds is 0. The van der Waals surface area contributed by atoms with Gasteiger partial charge in [0.05, 0.1) is 11.5 Å². The van der Waals surface area contributed by atoms with Crippen molar-refractivity contribution in [3.8, 4) is 34.1 Å². The third kappa shape index (κ3) is 1.82. The van der Waals surface area contributed by atoms with Crippen molar-refractivity contribution in [2.75, 3.05) is 0 Å². The number of hydrogen-bond acceptors (Lipinski definition) is 6. The summed E-state index contributed by atoms with van der Waals surface area (Å²) in [5.41, 5.74) is 0.515. The van der Waals surface area contributed by atoms with Gasteiger partial charge < -0.3 is 25.2 Å². The van der Waals surface area contributed by atoms with E-state index in [4.69, 9.17) is 4.74 Å². The first-order valence-corrected chi connectivity index (χ1v) is 9.34. The van der Waals surface area contributed by atoms with Crippen LogP contribution in [0.15, 0.2) is 48.5 Å². The number of phenolic OH excluding ortho intramolecular Hbond substituents is 3. The minimum absolute atomic E-state index is 0.0642. The van der Waals surface area contributed by atoms with Crippen LogP contribution in [0.4, 0.5) is 0 Å². The molecule has 6 heteroatoms. The topological polar surface area (TPSA) is 107 Å². The van der Waals surface area contributed by atoms with Crippen LogP contribution in [0.1, 0.15) is 45.5 Å². The fraction of sp³-hybridized carbons (Fsp3) is 0.174. The Morgan fingerprint density at radius 3 is 2.48 bits per heavy atom. The molecule has 3 aromatic rings. The van der Waals surface area contributed by atoms with Crippen molar-refractivity contribution in [1.29, 1.82) is 0 Å². The van der Waals surface area contributed by atoms with E-state index >= 15 is 0 Å². The molecule has 0 bridgehead atoms. The largest absolute Gasteiger partial charge is 0.507 e. The van der Waals surface area contributed by atoms with Crippen LogP contribution in [0.3, 0.4) is 0 Å². The second-order valence-electron chi connectivity index (χ2n) is 7.86. The molecular weight excluding hydrogens is 372 g/mol. The molecule has 0 aromatic heterocycles. The Kier molecular flexibility index (Phi) is 2.89. The molecule has 0 saturated carbocycles. The van der Waals surface area contributed by atoms with Gasteiger partial charge in [-0.1, -0.05) is 30.3 Å². The van der Waals surface area contributed by atoms with Crippen LogP contribution >= 0.6 is 0 Å². The smallest absolute Gasteiger partial charge is 0.170 e. The molecule has 3 aromatic carbocycles. The summed E-state index contributed by atoms with van der Waals surface area (Å²) in [6.45, 7) is 0. The molecule has 0 amide bonds. The van der Waals surface area contributed by atoms with Crippen LogP contribution in [0.2, 0.25) is 0 Å². The lowest BCUT2D eigenvalue weighted by Gasteiger charge is -2.51. The molecule has 2 aliphatic carbocycles. The summed E-state index contributed by atoms with van der Waals surface area (Å²) >= 11 is 0. The van der Waals surface area contributed by atoms with Gasteiger partial charge in [-0.05, 0) is 17.7 Å². The standard InChI is InChI=1S/C23H16O6/c24-12-6-3-4-10-17(12)19-14(26)8-13(25)18-15(27)9-23(28)11-5-1-2-7-16(11)29-22(10)21(23)20(18)19/h1-8,21-22,24-26,28H,9H2/t21-,22-,23+/m0/s1. The summed E-state index contributed by atoms with van der Waals surface area (Å²) in [5.74, 6) is -1.37. The van der Waals surface area contributed by atoms with Crippen LogP contribution in [-0.4, -0.2) is 26.2 Å². The quantitative estimate of drug-likeness (QED) is 0.470. The van der Waals surface area contributed by atoms with E-state index in [0.29, 0.717) is 28.0 Å². The lowest BCUT2D eigenvalue weighted by atomic mass is 9.59. The molecular formula is C23H16O6. The van der Waals surface area contributed by atoms with E-state index in [2.05, 4.69) is 0 Å². The van der Waals surface area contributed by atoms with E-state index in [-0.39, 0.29) is 34.8 Å². The number of aromatic hydroxyl groups is 3. The number of carbonyl (C=O) groups is 1. The number of aliphatic hydroxyl groups is 1. The molecule has 0 fully saturated rings. The summed E-state index contributed by atoms with van der Waals surface area (Å²) in [6.07, 6.45) is -0.912. The Morgan fingerprint density at radius 1 is 0.897 bits per heavy atom. The van der Waals surface area contributed by atoms with Crippen LogP contribution < -0.4 is 4.74 Å². The van der Waals surface area contributed by atoms with Gasteiger partial charge in [0.25, 0.3) is 0 Å². The van der Waals surface area contributed by atoms with Crippen molar-refractivity contribution in [2.45, 2.75) is 24.0 Å². The fourth-order valence-corrected chi connectivity index (χ4v) is 5.33. The molecule has 0 spiro atoms. The van der Waals surface area contributed by atoms with Crippen molar-refractivity contribution < 1.29 is 30.0 Å². The van der Waals surface area contributed by atoms with Crippen molar-refractivity contribution in [3.05, 3.63) is 70.8 Å². The van der Waals surface area contributed by atoms with Gasteiger partial charge in [-0.25, -0.2) is 0 Å². The predicted octanol–water partition coefficient (Wildman–Crippen LogP) is 3.48. The molecule has 1 heterocycles. The van der Waals surface area contributed by atoms with Crippen molar-refractivity contribution in [1.82, 2.24) is 0 Å². The maximum atomic E-state index is 13.1. The number of benzene rings is 3. The van der Waals surface area contributed by atoms with E-state index < -0.39 is 23.4 Å². The number of hydrogen-bond donors (Lipinski definition) is 4. The second kappa shape index (κ2) is 5.10. The summed E-state index contributed by atoms with van der Waals surface area (Å²) in [7, 11) is 0. The predicted molar refractivity (Wildman–Crippen MR) is 102 cm³/mol. The van der Waals surface area contributed by atoms with Gasteiger partial charge in [0, 0.05) is 34.7 Å². The number of fused-ring (bicyclic) bond motifs is 5. The van der Waals surface area contributed by atoms with Gasteiger partial charge in [0.1, 0.15) is 34.7 Å². The third-order valence-electron chi connectivity index (χ3n) is 6.40. The first-order chi connectivity index (χ1) is 13.9. The number of ether oxygens (including phenoxy) is 1. The van der Waals surface area contributed by atoms with Gasteiger partial charge in [-0.3, -0.25) is 4.79 Å². The van der Waals surface area contributed by atoms with Gasteiger partial charge in [0.15, 0.2) is 5.78 Å².